The smallest absolute Gasteiger partial charge is 0.307 e. The number of hydrogen-bond acceptors (Lipinski definition) is 3. The van der Waals surface area contributed by atoms with Gasteiger partial charge in [0, 0.05) is 24.2 Å². The molecule has 2 rings (SSSR count). The molecule has 18 heavy (non-hydrogen) atoms. The molecule has 0 aromatic carbocycles. The SMILES string of the molecule is CCN(C1CC2CCC(C1)N2)C(C)C(C)C(=O)O. The predicted molar refractivity (Wildman–Crippen MR) is 71.6 cm³/mol. The third-order valence-electron chi connectivity index (χ3n) is 4.92. The molecule has 4 heteroatoms. The van der Waals surface area contributed by atoms with Gasteiger partial charge in [0.1, 0.15) is 0 Å². The number of piperidine rings is 1. The van der Waals surface area contributed by atoms with Gasteiger partial charge >= 0.3 is 5.97 Å². The van der Waals surface area contributed by atoms with Crippen LogP contribution in [0.5, 0.6) is 0 Å². The van der Waals surface area contributed by atoms with Crippen molar-refractivity contribution in [2.75, 3.05) is 6.54 Å². The summed E-state index contributed by atoms with van der Waals surface area (Å²) in [4.78, 5) is 13.6. The zero-order chi connectivity index (χ0) is 13.3. The van der Waals surface area contributed by atoms with Gasteiger partial charge < -0.3 is 10.4 Å². The van der Waals surface area contributed by atoms with Gasteiger partial charge in [0.2, 0.25) is 0 Å². The highest BCUT2D eigenvalue weighted by molar-refractivity contribution is 5.70. The van der Waals surface area contributed by atoms with Crippen molar-refractivity contribution in [1.82, 2.24) is 10.2 Å². The Morgan fingerprint density at radius 3 is 2.33 bits per heavy atom. The van der Waals surface area contributed by atoms with E-state index >= 15 is 0 Å². The van der Waals surface area contributed by atoms with Crippen molar-refractivity contribution < 1.29 is 9.90 Å². The molecule has 0 aliphatic carbocycles. The Morgan fingerprint density at radius 2 is 1.89 bits per heavy atom. The van der Waals surface area contributed by atoms with Gasteiger partial charge in [-0.15, -0.1) is 0 Å². The fourth-order valence-electron chi connectivity index (χ4n) is 3.67. The summed E-state index contributed by atoms with van der Waals surface area (Å²) in [5.74, 6) is -0.977. The monoisotopic (exact) mass is 254 g/mol. The normalized spacial score (nSPS) is 34.6. The molecule has 2 aliphatic rings. The Labute approximate surface area is 110 Å². The quantitative estimate of drug-likeness (QED) is 0.784. The summed E-state index contributed by atoms with van der Waals surface area (Å²) in [5.41, 5.74) is 0. The minimum absolute atomic E-state index is 0.120. The molecule has 4 atom stereocenters. The van der Waals surface area contributed by atoms with Crippen molar-refractivity contribution >= 4 is 5.97 Å². The second kappa shape index (κ2) is 5.57. The highest BCUT2D eigenvalue weighted by Gasteiger charge is 2.38. The summed E-state index contributed by atoms with van der Waals surface area (Å²) in [6, 6.07) is 2.01. The number of hydrogen-bond donors (Lipinski definition) is 2. The van der Waals surface area contributed by atoms with Gasteiger partial charge in [-0.3, -0.25) is 9.69 Å². The Hall–Kier alpha value is -0.610. The first kappa shape index (κ1) is 13.8. The molecule has 0 radical (unpaired) electrons. The molecule has 2 bridgehead atoms. The molecule has 2 fully saturated rings. The number of carboxylic acid groups (broad SMARTS) is 1. The molecule has 4 unspecified atom stereocenters. The number of carbonyl (C=O) groups is 1. The van der Waals surface area contributed by atoms with E-state index in [0.717, 1.165) is 6.54 Å². The first-order valence-electron chi connectivity index (χ1n) is 7.27. The van der Waals surface area contributed by atoms with Gasteiger partial charge in [-0.25, -0.2) is 0 Å². The summed E-state index contributed by atoms with van der Waals surface area (Å²) in [5, 5.41) is 12.8. The third kappa shape index (κ3) is 2.69. The van der Waals surface area contributed by atoms with Crippen LogP contribution in [0.2, 0.25) is 0 Å². The van der Waals surface area contributed by atoms with Crippen LogP contribution in [0.3, 0.4) is 0 Å². The van der Waals surface area contributed by atoms with Crippen molar-refractivity contribution in [3.05, 3.63) is 0 Å². The highest BCUT2D eigenvalue weighted by Crippen LogP contribution is 2.31. The molecule has 0 saturated carbocycles. The van der Waals surface area contributed by atoms with Gasteiger partial charge in [-0.2, -0.15) is 0 Å². The first-order chi connectivity index (χ1) is 8.52. The van der Waals surface area contributed by atoms with Gasteiger partial charge in [0.05, 0.1) is 5.92 Å². The molecule has 2 heterocycles. The third-order valence-corrected chi connectivity index (χ3v) is 4.92. The lowest BCUT2D eigenvalue weighted by atomic mass is 9.93. The number of nitrogens with zero attached hydrogens (tertiary/aromatic N) is 1. The fourth-order valence-corrected chi connectivity index (χ4v) is 3.67. The van der Waals surface area contributed by atoms with E-state index in [1.165, 1.54) is 25.7 Å². The highest BCUT2D eigenvalue weighted by atomic mass is 16.4. The minimum Gasteiger partial charge on any atom is -0.481 e. The summed E-state index contributed by atoms with van der Waals surface area (Å²) < 4.78 is 0. The topological polar surface area (TPSA) is 52.6 Å². The summed E-state index contributed by atoms with van der Waals surface area (Å²) in [6.07, 6.45) is 4.95. The molecular formula is C14H26N2O2. The molecule has 2 aliphatic heterocycles. The maximum Gasteiger partial charge on any atom is 0.307 e. The van der Waals surface area contributed by atoms with Crippen LogP contribution in [0.25, 0.3) is 0 Å². The van der Waals surface area contributed by atoms with Crippen LogP contribution in [0.1, 0.15) is 46.5 Å². The van der Waals surface area contributed by atoms with E-state index in [4.69, 9.17) is 0 Å². The standard InChI is InChI=1S/C14H26N2O2/c1-4-16(10(3)9(2)14(17)18)13-7-11-5-6-12(8-13)15-11/h9-13,15H,4-8H2,1-3H3,(H,17,18). The number of rotatable bonds is 5. The molecular weight excluding hydrogens is 228 g/mol. The zero-order valence-corrected chi connectivity index (χ0v) is 11.7. The lowest BCUT2D eigenvalue weighted by Crippen LogP contribution is -2.53. The lowest BCUT2D eigenvalue weighted by molar-refractivity contribution is -0.143. The van der Waals surface area contributed by atoms with Crippen molar-refractivity contribution in [1.29, 1.82) is 0 Å². The van der Waals surface area contributed by atoms with Gasteiger partial charge in [0.15, 0.2) is 0 Å². The molecule has 104 valence electrons. The van der Waals surface area contributed by atoms with Crippen molar-refractivity contribution in [2.24, 2.45) is 5.92 Å². The predicted octanol–water partition coefficient (Wildman–Crippen LogP) is 1.70. The van der Waals surface area contributed by atoms with Crippen molar-refractivity contribution in [3.63, 3.8) is 0 Å². The van der Waals surface area contributed by atoms with Crippen molar-refractivity contribution in [2.45, 2.75) is 70.6 Å². The van der Waals surface area contributed by atoms with Crippen LogP contribution in [0.4, 0.5) is 0 Å². The molecule has 0 aromatic heterocycles. The molecule has 2 saturated heterocycles. The summed E-state index contributed by atoms with van der Waals surface area (Å²) >= 11 is 0. The van der Waals surface area contributed by atoms with Crippen LogP contribution in [-0.2, 0) is 4.79 Å². The molecule has 0 amide bonds. The van der Waals surface area contributed by atoms with Crippen LogP contribution in [0.15, 0.2) is 0 Å². The van der Waals surface area contributed by atoms with E-state index in [9.17, 15) is 9.90 Å². The van der Waals surface area contributed by atoms with Crippen LogP contribution < -0.4 is 5.32 Å². The molecule has 0 spiro atoms. The Balaban J connectivity index is 2.02. The minimum atomic E-state index is -0.683. The average Bonchev–Trinajstić information content (AvgIpc) is 2.68. The summed E-state index contributed by atoms with van der Waals surface area (Å²) in [7, 11) is 0. The summed E-state index contributed by atoms with van der Waals surface area (Å²) in [6.45, 7) is 6.98. The maximum atomic E-state index is 11.1. The zero-order valence-electron chi connectivity index (χ0n) is 11.7. The van der Waals surface area contributed by atoms with Crippen molar-refractivity contribution in [3.8, 4) is 0 Å². The fraction of sp³-hybridized carbons (Fsp3) is 0.929. The Kier molecular flexibility index (Phi) is 4.28. The maximum absolute atomic E-state index is 11.1. The van der Waals surface area contributed by atoms with Gasteiger partial charge in [-0.1, -0.05) is 13.8 Å². The number of nitrogens with one attached hydrogen (secondary N) is 1. The molecule has 0 aromatic rings. The number of aliphatic carboxylic acids is 1. The Bertz CT molecular complexity index is 296. The van der Waals surface area contributed by atoms with Crippen LogP contribution in [0, 0.1) is 5.92 Å². The van der Waals surface area contributed by atoms with E-state index in [2.05, 4.69) is 24.1 Å². The first-order valence-corrected chi connectivity index (χ1v) is 7.27. The average molecular weight is 254 g/mol. The van der Waals surface area contributed by atoms with E-state index < -0.39 is 5.97 Å². The second-order valence-electron chi connectivity index (χ2n) is 5.96. The van der Waals surface area contributed by atoms with Crippen LogP contribution in [-0.4, -0.2) is 46.7 Å². The van der Waals surface area contributed by atoms with Gasteiger partial charge in [-0.05, 0) is 39.2 Å². The van der Waals surface area contributed by atoms with Gasteiger partial charge in [0.25, 0.3) is 0 Å². The van der Waals surface area contributed by atoms with E-state index in [-0.39, 0.29) is 12.0 Å². The Morgan fingerprint density at radius 1 is 1.33 bits per heavy atom. The largest absolute Gasteiger partial charge is 0.481 e. The van der Waals surface area contributed by atoms with E-state index in [0.29, 0.717) is 18.1 Å². The van der Waals surface area contributed by atoms with E-state index in [1.807, 2.05) is 6.92 Å². The lowest BCUT2D eigenvalue weighted by Gasteiger charge is -2.41. The second-order valence-corrected chi connectivity index (χ2v) is 5.96. The van der Waals surface area contributed by atoms with E-state index in [1.54, 1.807) is 0 Å². The molecule has 2 N–H and O–H groups in total. The number of fused-ring (bicyclic) bond motifs is 2. The molecule has 4 nitrogen and oxygen atoms in total. The number of carboxylic acids is 1. The van der Waals surface area contributed by atoms with Crippen LogP contribution >= 0.6 is 0 Å².